The molecule has 7 nitrogen and oxygen atoms in total. The Kier molecular flexibility index (Phi) is 5.48. The fourth-order valence-corrected chi connectivity index (χ4v) is 2.61. The number of carbonyl (C=O) groups excluding carboxylic acids is 2. The third-order valence-electron chi connectivity index (χ3n) is 3.91. The lowest BCUT2D eigenvalue weighted by molar-refractivity contribution is -0.124. The number of nitrogens with one attached hydrogen (secondary N) is 3. The van der Waals surface area contributed by atoms with Gasteiger partial charge in [0.1, 0.15) is 5.75 Å². The Hall–Kier alpha value is -3.35. The molecule has 7 heteroatoms. The van der Waals surface area contributed by atoms with Crippen LogP contribution in [0.3, 0.4) is 0 Å². The summed E-state index contributed by atoms with van der Waals surface area (Å²) in [5.74, 6) is 0.577. The van der Waals surface area contributed by atoms with Crippen molar-refractivity contribution in [3.8, 4) is 5.75 Å². The van der Waals surface area contributed by atoms with Gasteiger partial charge in [0.05, 0.1) is 24.7 Å². The predicted molar refractivity (Wildman–Crippen MR) is 99.0 cm³/mol. The summed E-state index contributed by atoms with van der Waals surface area (Å²) >= 11 is 0. The quantitative estimate of drug-likeness (QED) is 0.608. The fourth-order valence-electron chi connectivity index (χ4n) is 2.61. The summed E-state index contributed by atoms with van der Waals surface area (Å²) in [4.78, 5) is 31.2. The number of nitrogens with zero attached hydrogens (tertiary/aromatic N) is 1. The SMILES string of the molecule is COc1ccccc1CCC(=O)NCC(=O)Nc1nc2ccccc2[nH]1. The maximum atomic E-state index is 12.0. The molecule has 3 N–H and O–H groups in total. The van der Waals surface area contributed by atoms with Crippen molar-refractivity contribution in [2.75, 3.05) is 19.0 Å². The van der Waals surface area contributed by atoms with Gasteiger partial charge in [-0.3, -0.25) is 14.9 Å². The van der Waals surface area contributed by atoms with Crippen LogP contribution in [0.2, 0.25) is 0 Å². The predicted octanol–water partition coefficient (Wildman–Crippen LogP) is 2.26. The molecular weight excluding hydrogens is 332 g/mol. The highest BCUT2D eigenvalue weighted by Crippen LogP contribution is 2.18. The number of benzene rings is 2. The van der Waals surface area contributed by atoms with Gasteiger partial charge in [-0.15, -0.1) is 0 Å². The molecule has 0 aliphatic carbocycles. The topological polar surface area (TPSA) is 96.1 Å². The van der Waals surface area contributed by atoms with Crippen LogP contribution in [-0.2, 0) is 16.0 Å². The van der Waals surface area contributed by atoms with Gasteiger partial charge in [-0.25, -0.2) is 4.98 Å². The Morgan fingerprint density at radius 2 is 1.85 bits per heavy atom. The van der Waals surface area contributed by atoms with Crippen molar-refractivity contribution in [1.82, 2.24) is 15.3 Å². The molecule has 0 aliphatic rings. The summed E-state index contributed by atoms with van der Waals surface area (Å²) in [6, 6.07) is 15.0. The molecule has 0 fully saturated rings. The van der Waals surface area contributed by atoms with Gasteiger partial charge in [0.15, 0.2) is 0 Å². The third kappa shape index (κ3) is 4.38. The Morgan fingerprint density at radius 1 is 1.08 bits per heavy atom. The van der Waals surface area contributed by atoms with Crippen LogP contribution >= 0.6 is 0 Å². The molecule has 0 unspecified atom stereocenters. The molecule has 2 aromatic carbocycles. The van der Waals surface area contributed by atoms with Gasteiger partial charge < -0.3 is 15.0 Å². The number of anilines is 1. The first-order valence-electron chi connectivity index (χ1n) is 8.29. The molecule has 1 aromatic heterocycles. The van der Waals surface area contributed by atoms with Crippen LogP contribution in [0.5, 0.6) is 5.75 Å². The van der Waals surface area contributed by atoms with Crippen molar-refractivity contribution >= 4 is 28.8 Å². The number of hydrogen-bond acceptors (Lipinski definition) is 4. The second-order valence-electron chi connectivity index (χ2n) is 5.74. The number of para-hydroxylation sites is 3. The molecule has 0 bridgehead atoms. The van der Waals surface area contributed by atoms with Gasteiger partial charge in [-0.2, -0.15) is 0 Å². The lowest BCUT2D eigenvalue weighted by Crippen LogP contribution is -2.33. The van der Waals surface area contributed by atoms with Crippen molar-refractivity contribution in [2.45, 2.75) is 12.8 Å². The van der Waals surface area contributed by atoms with Crippen LogP contribution < -0.4 is 15.4 Å². The van der Waals surface area contributed by atoms with Crippen LogP contribution in [-0.4, -0.2) is 35.4 Å². The van der Waals surface area contributed by atoms with E-state index in [0.717, 1.165) is 22.3 Å². The van der Waals surface area contributed by atoms with Gasteiger partial charge in [-0.1, -0.05) is 30.3 Å². The number of H-pyrrole nitrogens is 1. The molecule has 0 saturated heterocycles. The number of aromatic nitrogens is 2. The second kappa shape index (κ2) is 8.15. The number of aromatic amines is 1. The van der Waals surface area contributed by atoms with Gasteiger partial charge in [-0.05, 0) is 30.2 Å². The molecule has 3 aromatic rings. The lowest BCUT2D eigenvalue weighted by Gasteiger charge is -2.08. The summed E-state index contributed by atoms with van der Waals surface area (Å²) in [6.07, 6.45) is 0.819. The van der Waals surface area contributed by atoms with E-state index in [1.807, 2.05) is 48.5 Å². The second-order valence-corrected chi connectivity index (χ2v) is 5.74. The van der Waals surface area contributed by atoms with Crippen molar-refractivity contribution in [2.24, 2.45) is 0 Å². The van der Waals surface area contributed by atoms with E-state index in [4.69, 9.17) is 4.74 Å². The van der Waals surface area contributed by atoms with Crippen molar-refractivity contribution in [3.63, 3.8) is 0 Å². The van der Waals surface area contributed by atoms with E-state index in [9.17, 15) is 9.59 Å². The minimum Gasteiger partial charge on any atom is -0.496 e. The number of methoxy groups -OCH3 is 1. The summed E-state index contributed by atoms with van der Waals surface area (Å²) < 4.78 is 5.26. The normalized spacial score (nSPS) is 10.5. The van der Waals surface area contributed by atoms with E-state index < -0.39 is 0 Å². The van der Waals surface area contributed by atoms with Gasteiger partial charge >= 0.3 is 0 Å². The van der Waals surface area contributed by atoms with Crippen LogP contribution in [0, 0.1) is 0 Å². The van der Waals surface area contributed by atoms with Crippen LogP contribution in [0.25, 0.3) is 11.0 Å². The van der Waals surface area contributed by atoms with Crippen molar-refractivity contribution in [3.05, 3.63) is 54.1 Å². The highest BCUT2D eigenvalue weighted by Gasteiger charge is 2.10. The summed E-state index contributed by atoms with van der Waals surface area (Å²) in [6.45, 7) is -0.109. The average molecular weight is 352 g/mol. The van der Waals surface area contributed by atoms with Crippen LogP contribution in [0.1, 0.15) is 12.0 Å². The van der Waals surface area contributed by atoms with E-state index in [0.29, 0.717) is 12.4 Å². The fraction of sp³-hybridized carbons (Fsp3) is 0.211. The molecule has 26 heavy (non-hydrogen) atoms. The minimum absolute atomic E-state index is 0.109. The van der Waals surface area contributed by atoms with E-state index in [2.05, 4.69) is 20.6 Å². The summed E-state index contributed by atoms with van der Waals surface area (Å²) in [5, 5.41) is 5.25. The largest absolute Gasteiger partial charge is 0.496 e. The number of aryl methyl sites for hydroxylation is 1. The van der Waals surface area contributed by atoms with Gasteiger partial charge in [0, 0.05) is 6.42 Å². The molecular formula is C19H20N4O3. The molecule has 3 rings (SSSR count). The summed E-state index contributed by atoms with van der Waals surface area (Å²) in [5.41, 5.74) is 2.56. The van der Waals surface area contributed by atoms with Gasteiger partial charge in [0.25, 0.3) is 0 Å². The first-order chi connectivity index (χ1) is 12.7. The molecule has 0 aliphatic heterocycles. The van der Waals surface area contributed by atoms with Crippen LogP contribution in [0.4, 0.5) is 5.95 Å². The molecule has 1 heterocycles. The maximum absolute atomic E-state index is 12.0. The molecule has 0 radical (unpaired) electrons. The number of carbonyl (C=O) groups is 2. The van der Waals surface area contributed by atoms with E-state index in [-0.39, 0.29) is 24.8 Å². The lowest BCUT2D eigenvalue weighted by atomic mass is 10.1. The zero-order valence-corrected chi connectivity index (χ0v) is 14.4. The monoisotopic (exact) mass is 352 g/mol. The van der Waals surface area contributed by atoms with E-state index in [1.54, 1.807) is 7.11 Å². The van der Waals surface area contributed by atoms with Crippen LogP contribution in [0.15, 0.2) is 48.5 Å². The first-order valence-corrected chi connectivity index (χ1v) is 8.29. The highest BCUT2D eigenvalue weighted by molar-refractivity contribution is 5.94. The zero-order chi connectivity index (χ0) is 18.4. The van der Waals surface area contributed by atoms with Crippen molar-refractivity contribution in [1.29, 1.82) is 0 Å². The van der Waals surface area contributed by atoms with Gasteiger partial charge in [0.2, 0.25) is 17.8 Å². The Labute approximate surface area is 150 Å². The number of imidazole rings is 1. The number of ether oxygens (including phenoxy) is 1. The zero-order valence-electron chi connectivity index (χ0n) is 14.4. The number of fused-ring (bicyclic) bond motifs is 1. The highest BCUT2D eigenvalue weighted by atomic mass is 16.5. The third-order valence-corrected chi connectivity index (χ3v) is 3.91. The summed E-state index contributed by atoms with van der Waals surface area (Å²) in [7, 11) is 1.60. The molecule has 2 amide bonds. The maximum Gasteiger partial charge on any atom is 0.246 e. The molecule has 0 saturated carbocycles. The molecule has 0 atom stereocenters. The Bertz CT molecular complexity index is 887. The smallest absolute Gasteiger partial charge is 0.246 e. The number of rotatable bonds is 7. The van der Waals surface area contributed by atoms with E-state index >= 15 is 0 Å². The average Bonchev–Trinajstić information content (AvgIpc) is 3.07. The number of hydrogen-bond donors (Lipinski definition) is 3. The minimum atomic E-state index is -0.338. The van der Waals surface area contributed by atoms with E-state index in [1.165, 1.54) is 0 Å². The Balaban J connectivity index is 1.45. The standard InChI is InChI=1S/C19H20N4O3/c1-26-16-9-5-2-6-13(16)10-11-17(24)20-12-18(25)23-19-21-14-7-3-4-8-15(14)22-19/h2-9H,10-12H2,1H3,(H,20,24)(H2,21,22,23,25). The first kappa shape index (κ1) is 17.5. The molecule has 0 spiro atoms. The number of amides is 2. The molecule has 134 valence electrons. The Morgan fingerprint density at radius 3 is 2.65 bits per heavy atom. The van der Waals surface area contributed by atoms with Crippen molar-refractivity contribution < 1.29 is 14.3 Å².